The van der Waals surface area contributed by atoms with Crippen LogP contribution in [0, 0.1) is 0 Å². The lowest BCUT2D eigenvalue weighted by Gasteiger charge is -2.22. The number of ether oxygens (including phenoxy) is 4. The maximum Gasteiger partial charge on any atom is 0.513 e. The van der Waals surface area contributed by atoms with Crippen LogP contribution in [0.4, 0.5) is 9.59 Å². The van der Waals surface area contributed by atoms with Crippen LogP contribution in [0.5, 0.6) is 11.5 Å². The molecule has 0 unspecified atom stereocenters. The van der Waals surface area contributed by atoms with Gasteiger partial charge in [-0.3, -0.25) is 0 Å². The summed E-state index contributed by atoms with van der Waals surface area (Å²) in [6.07, 6.45) is 8.13. The highest BCUT2D eigenvalue weighted by Gasteiger charge is 2.25. The normalized spacial score (nSPS) is 11.4. The van der Waals surface area contributed by atoms with E-state index < -0.39 is 12.3 Å². The second-order valence-electron chi connectivity index (χ2n) is 13.6. The van der Waals surface area contributed by atoms with Gasteiger partial charge in [-0.05, 0) is 82.3 Å². The molecular weight excluding hydrogens is 648 g/mol. The Balaban J connectivity index is 1.70. The number of unbranched alkanes of at least 4 members (excludes halogenated alkanes) is 4. The van der Waals surface area contributed by atoms with Crippen LogP contribution in [-0.2, 0) is 22.3 Å². The van der Waals surface area contributed by atoms with Gasteiger partial charge in [-0.1, -0.05) is 138 Å². The molecule has 0 aromatic heterocycles. The first-order chi connectivity index (χ1) is 25.5. The van der Waals surface area contributed by atoms with Crippen LogP contribution in [0.1, 0.15) is 90.2 Å². The Labute approximate surface area is 307 Å². The highest BCUT2D eigenvalue weighted by atomic mass is 16.7. The van der Waals surface area contributed by atoms with Crippen LogP contribution in [0.15, 0.2) is 84.9 Å². The molecule has 270 valence electrons. The number of benzene rings is 6. The summed E-state index contributed by atoms with van der Waals surface area (Å²) in [5, 5.41) is 7.19. The molecule has 52 heavy (non-hydrogen) atoms. The average Bonchev–Trinajstić information content (AvgIpc) is 3.16. The zero-order valence-corrected chi connectivity index (χ0v) is 31.0. The van der Waals surface area contributed by atoms with Crippen LogP contribution < -0.4 is 9.47 Å². The molecule has 0 aliphatic carbocycles. The summed E-state index contributed by atoms with van der Waals surface area (Å²) >= 11 is 0. The molecule has 0 saturated heterocycles. The quantitative estimate of drug-likeness (QED) is 0.0460. The Hall–Kier alpha value is -5.10. The van der Waals surface area contributed by atoms with E-state index >= 15 is 0 Å². The maximum atomic E-state index is 13.1. The van der Waals surface area contributed by atoms with Crippen molar-refractivity contribution in [2.45, 2.75) is 91.9 Å². The number of carbonyl (C=O) groups excluding carboxylic acids is 2. The van der Waals surface area contributed by atoms with E-state index in [1.54, 1.807) is 0 Å². The fourth-order valence-corrected chi connectivity index (χ4v) is 7.03. The van der Waals surface area contributed by atoms with Crippen molar-refractivity contribution in [3.05, 3.63) is 96.1 Å². The van der Waals surface area contributed by atoms with Crippen molar-refractivity contribution >= 4 is 55.4 Å². The summed E-state index contributed by atoms with van der Waals surface area (Å²) in [6.45, 7) is 9.14. The van der Waals surface area contributed by atoms with Crippen LogP contribution in [0.3, 0.4) is 0 Å². The SMILES string of the molecule is CCCCOC(=O)Oc1c2ccccc2c(-c2c3ccccc3c(OC(=O)OCCCC)c3ccc(CCCC)cc23)c2cc(CCCC)ccc12. The Morgan fingerprint density at radius 3 is 1.19 bits per heavy atom. The number of carbonyl (C=O) groups is 2. The Morgan fingerprint density at radius 2 is 0.808 bits per heavy atom. The minimum absolute atomic E-state index is 0.309. The van der Waals surface area contributed by atoms with Gasteiger partial charge in [0.15, 0.2) is 0 Å². The molecule has 0 spiro atoms. The molecule has 6 rings (SSSR count). The van der Waals surface area contributed by atoms with E-state index in [2.05, 4.69) is 76.2 Å². The molecule has 6 aromatic rings. The molecule has 0 saturated carbocycles. The monoisotopic (exact) mass is 698 g/mol. The number of fused-ring (bicyclic) bond motifs is 4. The van der Waals surface area contributed by atoms with Gasteiger partial charge in [-0.15, -0.1) is 0 Å². The van der Waals surface area contributed by atoms with Crippen LogP contribution in [0.2, 0.25) is 0 Å². The third-order valence-electron chi connectivity index (χ3n) is 9.77. The predicted molar refractivity (Wildman–Crippen MR) is 213 cm³/mol. The van der Waals surface area contributed by atoms with E-state index in [4.69, 9.17) is 18.9 Å². The Kier molecular flexibility index (Phi) is 12.3. The fourth-order valence-electron chi connectivity index (χ4n) is 7.03. The summed E-state index contributed by atoms with van der Waals surface area (Å²) in [7, 11) is 0. The second kappa shape index (κ2) is 17.4. The Morgan fingerprint density at radius 1 is 0.442 bits per heavy atom. The molecule has 0 atom stereocenters. The first-order valence-corrected chi connectivity index (χ1v) is 19.1. The van der Waals surface area contributed by atoms with Crippen molar-refractivity contribution < 1.29 is 28.5 Å². The lowest BCUT2D eigenvalue weighted by molar-refractivity contribution is 0.0977. The van der Waals surface area contributed by atoms with Crippen molar-refractivity contribution in [1.29, 1.82) is 0 Å². The third kappa shape index (κ3) is 7.86. The molecule has 0 amide bonds. The van der Waals surface area contributed by atoms with Gasteiger partial charge in [0, 0.05) is 21.5 Å². The maximum absolute atomic E-state index is 13.1. The summed E-state index contributed by atoms with van der Waals surface area (Å²) in [5.41, 5.74) is 4.52. The molecule has 0 heterocycles. The van der Waals surface area contributed by atoms with Gasteiger partial charge in [0.25, 0.3) is 0 Å². The summed E-state index contributed by atoms with van der Waals surface area (Å²) < 4.78 is 23.2. The molecule has 0 aliphatic heterocycles. The van der Waals surface area contributed by atoms with Gasteiger partial charge < -0.3 is 18.9 Å². The summed E-state index contributed by atoms with van der Waals surface area (Å²) in [4.78, 5) is 26.2. The molecule has 0 bridgehead atoms. The zero-order chi connectivity index (χ0) is 36.5. The molecular formula is C46H50O6. The highest BCUT2D eigenvalue weighted by Crippen LogP contribution is 2.50. The first-order valence-electron chi connectivity index (χ1n) is 19.1. The molecule has 6 heteroatoms. The number of hydrogen-bond acceptors (Lipinski definition) is 6. The van der Waals surface area contributed by atoms with E-state index in [9.17, 15) is 9.59 Å². The average molecular weight is 699 g/mol. The van der Waals surface area contributed by atoms with E-state index in [1.807, 2.05) is 36.4 Å². The van der Waals surface area contributed by atoms with Gasteiger partial charge in [-0.25, -0.2) is 9.59 Å². The van der Waals surface area contributed by atoms with Crippen molar-refractivity contribution in [2.75, 3.05) is 13.2 Å². The van der Waals surface area contributed by atoms with Crippen molar-refractivity contribution in [3.63, 3.8) is 0 Å². The third-order valence-corrected chi connectivity index (χ3v) is 9.77. The topological polar surface area (TPSA) is 71.1 Å². The first kappa shape index (κ1) is 36.7. The molecule has 0 fully saturated rings. The molecule has 6 aromatic carbocycles. The van der Waals surface area contributed by atoms with Gasteiger partial charge in [0.05, 0.1) is 13.2 Å². The number of hydrogen-bond donors (Lipinski definition) is 0. The van der Waals surface area contributed by atoms with Crippen molar-refractivity contribution in [3.8, 4) is 22.6 Å². The van der Waals surface area contributed by atoms with Gasteiger partial charge in [-0.2, -0.15) is 0 Å². The van der Waals surface area contributed by atoms with E-state index in [0.29, 0.717) is 24.7 Å². The van der Waals surface area contributed by atoms with Crippen LogP contribution in [-0.4, -0.2) is 25.5 Å². The minimum Gasteiger partial charge on any atom is -0.434 e. The lowest BCUT2D eigenvalue weighted by Crippen LogP contribution is -2.12. The molecule has 0 radical (unpaired) electrons. The van der Waals surface area contributed by atoms with Gasteiger partial charge in [0.2, 0.25) is 0 Å². The number of aryl methyl sites for hydroxylation is 2. The molecule has 6 nitrogen and oxygen atoms in total. The highest BCUT2D eigenvalue weighted by molar-refractivity contribution is 6.27. The fraction of sp³-hybridized carbons (Fsp3) is 0.348. The van der Waals surface area contributed by atoms with E-state index in [0.717, 1.165) is 118 Å². The van der Waals surface area contributed by atoms with Crippen LogP contribution in [0.25, 0.3) is 54.2 Å². The largest absolute Gasteiger partial charge is 0.513 e. The summed E-state index contributed by atoms with van der Waals surface area (Å²) in [6, 6.07) is 29.2. The molecule has 0 aliphatic rings. The standard InChI is InChI=1S/C46H50O6/c1-5-9-17-31-23-25-37-39(29-31)41(33-19-13-15-21-35(33)43(37)51-45(47)49-27-11-7-3)42-34-20-14-16-22-36(34)44(52-46(48)50-28-12-8-4)38-26-24-32(18-10-6-2)30-40(38)42/h13-16,19-26,29-30H,5-12,17-18,27-28H2,1-4H3. The minimum atomic E-state index is -0.702. The van der Waals surface area contributed by atoms with E-state index in [-0.39, 0.29) is 0 Å². The Bertz CT molecular complexity index is 2040. The predicted octanol–water partition coefficient (Wildman–Crippen LogP) is 13.3. The van der Waals surface area contributed by atoms with Gasteiger partial charge in [0.1, 0.15) is 11.5 Å². The summed E-state index contributed by atoms with van der Waals surface area (Å²) in [5.74, 6) is 0.981. The smallest absolute Gasteiger partial charge is 0.434 e. The number of rotatable bonds is 15. The van der Waals surface area contributed by atoms with Crippen molar-refractivity contribution in [1.82, 2.24) is 0 Å². The zero-order valence-electron chi connectivity index (χ0n) is 31.0. The van der Waals surface area contributed by atoms with Crippen LogP contribution >= 0.6 is 0 Å². The van der Waals surface area contributed by atoms with Crippen molar-refractivity contribution in [2.24, 2.45) is 0 Å². The lowest BCUT2D eigenvalue weighted by atomic mass is 9.84. The molecule has 0 N–H and O–H groups in total. The second-order valence-corrected chi connectivity index (χ2v) is 13.6. The van der Waals surface area contributed by atoms with E-state index in [1.165, 1.54) is 11.1 Å². The van der Waals surface area contributed by atoms with Gasteiger partial charge >= 0.3 is 12.3 Å².